The van der Waals surface area contributed by atoms with Crippen LogP contribution < -0.4 is 10.9 Å². The van der Waals surface area contributed by atoms with Crippen LogP contribution >= 0.6 is 12.2 Å². The number of rotatable bonds is 3. The molecule has 0 unspecified atom stereocenters. The van der Waals surface area contributed by atoms with Gasteiger partial charge in [-0.2, -0.15) is 0 Å². The highest BCUT2D eigenvalue weighted by Crippen LogP contribution is 2.21. The van der Waals surface area contributed by atoms with E-state index in [1.165, 1.54) is 18.2 Å². The molecule has 0 aliphatic rings. The van der Waals surface area contributed by atoms with Crippen molar-refractivity contribution >= 4 is 32.8 Å². The molecule has 0 saturated carbocycles. The van der Waals surface area contributed by atoms with E-state index in [1.54, 1.807) is 12.1 Å². The molecule has 4 N–H and O–H groups in total. The zero-order chi connectivity index (χ0) is 14.0. The van der Waals surface area contributed by atoms with Crippen LogP contribution in [0.5, 0.6) is 0 Å². The Morgan fingerprint density at radius 2 is 1.68 bits per heavy atom. The van der Waals surface area contributed by atoms with Crippen molar-refractivity contribution in [2.45, 2.75) is 4.90 Å². The fourth-order valence-corrected chi connectivity index (χ4v) is 2.81. The molecular formula is C13H12N2O2S2. The van der Waals surface area contributed by atoms with Gasteiger partial charge in [-0.3, -0.25) is 0 Å². The Hall–Kier alpha value is -1.76. The van der Waals surface area contributed by atoms with Crippen LogP contribution in [0.3, 0.4) is 0 Å². The minimum absolute atomic E-state index is 0.0180. The van der Waals surface area contributed by atoms with E-state index >= 15 is 0 Å². The number of nitrogen functional groups attached to an aromatic ring is 1. The van der Waals surface area contributed by atoms with Crippen molar-refractivity contribution in [2.75, 3.05) is 5.73 Å². The van der Waals surface area contributed by atoms with Crippen LogP contribution in [0.15, 0.2) is 53.4 Å². The van der Waals surface area contributed by atoms with Gasteiger partial charge in [0, 0.05) is 11.3 Å². The van der Waals surface area contributed by atoms with Crippen LogP contribution in [0.1, 0.15) is 11.1 Å². The maximum absolute atomic E-state index is 11.6. The lowest BCUT2D eigenvalue weighted by molar-refractivity contribution is 0.597. The van der Waals surface area contributed by atoms with E-state index in [1.807, 2.05) is 18.2 Å². The number of sulfonamides is 1. The third-order valence-electron chi connectivity index (χ3n) is 2.59. The molecule has 0 fully saturated rings. The Bertz CT molecular complexity index is 726. The van der Waals surface area contributed by atoms with E-state index < -0.39 is 10.0 Å². The van der Waals surface area contributed by atoms with E-state index in [9.17, 15) is 8.42 Å². The average molecular weight is 292 g/mol. The van der Waals surface area contributed by atoms with Gasteiger partial charge in [-0.1, -0.05) is 42.5 Å². The van der Waals surface area contributed by atoms with E-state index in [2.05, 4.69) is 0 Å². The lowest BCUT2D eigenvalue weighted by Crippen LogP contribution is -2.17. The van der Waals surface area contributed by atoms with E-state index in [4.69, 9.17) is 23.1 Å². The van der Waals surface area contributed by atoms with Crippen molar-refractivity contribution in [1.82, 2.24) is 0 Å². The molecule has 0 heterocycles. The first kappa shape index (κ1) is 13.7. The average Bonchev–Trinajstić information content (AvgIpc) is 2.37. The second kappa shape index (κ2) is 5.08. The normalized spacial score (nSPS) is 11.2. The molecule has 2 aromatic rings. The van der Waals surface area contributed by atoms with Gasteiger partial charge in [0.2, 0.25) is 10.0 Å². The second-order valence-corrected chi connectivity index (χ2v) is 5.93. The third kappa shape index (κ3) is 2.98. The highest BCUT2D eigenvalue weighted by Gasteiger charge is 2.17. The summed E-state index contributed by atoms with van der Waals surface area (Å²) in [6, 6.07) is 13.5. The van der Waals surface area contributed by atoms with Crippen LogP contribution in [-0.2, 0) is 10.0 Å². The van der Waals surface area contributed by atoms with Crippen molar-refractivity contribution in [3.63, 3.8) is 0 Å². The fourth-order valence-electron chi connectivity index (χ4n) is 1.72. The van der Waals surface area contributed by atoms with Gasteiger partial charge in [-0.05, 0) is 23.8 Å². The van der Waals surface area contributed by atoms with Crippen molar-refractivity contribution < 1.29 is 8.42 Å². The van der Waals surface area contributed by atoms with Crippen LogP contribution in [0.25, 0.3) is 0 Å². The topological polar surface area (TPSA) is 86.2 Å². The number of anilines is 1. The van der Waals surface area contributed by atoms with Crippen molar-refractivity contribution in [2.24, 2.45) is 5.14 Å². The highest BCUT2D eigenvalue weighted by atomic mass is 32.2. The van der Waals surface area contributed by atoms with Gasteiger partial charge in [0.15, 0.2) is 0 Å². The van der Waals surface area contributed by atoms with Crippen LogP contribution in [0.4, 0.5) is 5.69 Å². The zero-order valence-electron chi connectivity index (χ0n) is 9.91. The van der Waals surface area contributed by atoms with Crippen LogP contribution in [0.2, 0.25) is 0 Å². The lowest BCUT2D eigenvalue weighted by atomic mass is 10.0. The number of thiocarbonyl (C=S) groups is 1. The summed E-state index contributed by atoms with van der Waals surface area (Å²) in [5, 5.41) is 5.20. The minimum atomic E-state index is -3.85. The van der Waals surface area contributed by atoms with Crippen molar-refractivity contribution in [1.29, 1.82) is 0 Å². The molecule has 2 rings (SSSR count). The minimum Gasteiger partial charge on any atom is -0.399 e. The maximum Gasteiger partial charge on any atom is 0.238 e. The molecule has 0 atom stereocenters. The number of hydrogen-bond donors (Lipinski definition) is 2. The predicted octanol–water partition coefficient (Wildman–Crippen LogP) is 1.68. The summed E-state index contributed by atoms with van der Waals surface area (Å²) in [7, 11) is -3.85. The largest absolute Gasteiger partial charge is 0.399 e. The molecule has 98 valence electrons. The molecule has 0 spiro atoms. The standard InChI is InChI=1S/C13H12N2O2S2/c14-10-6-7-12(19(15,16)17)11(8-10)13(18)9-4-2-1-3-5-9/h1-8H,14H2,(H2,15,16,17). The maximum atomic E-state index is 11.6. The summed E-state index contributed by atoms with van der Waals surface area (Å²) >= 11 is 5.33. The molecule has 0 radical (unpaired) electrons. The zero-order valence-corrected chi connectivity index (χ0v) is 11.5. The summed E-state index contributed by atoms with van der Waals surface area (Å²) < 4.78 is 23.2. The first-order valence-corrected chi connectivity index (χ1v) is 7.37. The number of primary sulfonamides is 1. The van der Waals surface area contributed by atoms with Gasteiger partial charge < -0.3 is 5.73 Å². The highest BCUT2D eigenvalue weighted by molar-refractivity contribution is 7.89. The number of nitrogens with two attached hydrogens (primary N) is 2. The second-order valence-electron chi connectivity index (χ2n) is 4.00. The molecule has 6 heteroatoms. The third-order valence-corrected chi connectivity index (χ3v) is 4.02. The Morgan fingerprint density at radius 3 is 2.26 bits per heavy atom. The van der Waals surface area contributed by atoms with Crippen molar-refractivity contribution in [3.05, 3.63) is 59.7 Å². The van der Waals surface area contributed by atoms with E-state index in [0.717, 1.165) is 5.56 Å². The van der Waals surface area contributed by atoms with Crippen molar-refractivity contribution in [3.8, 4) is 0 Å². The van der Waals surface area contributed by atoms with Gasteiger partial charge in [0.1, 0.15) is 0 Å². The SMILES string of the molecule is Nc1ccc(S(N)(=O)=O)c(C(=S)c2ccccc2)c1. The van der Waals surface area contributed by atoms with Gasteiger partial charge in [-0.25, -0.2) is 13.6 Å². The summed E-state index contributed by atoms with van der Waals surface area (Å²) in [4.78, 5) is 0.382. The van der Waals surface area contributed by atoms with Gasteiger partial charge in [-0.15, -0.1) is 0 Å². The summed E-state index contributed by atoms with van der Waals surface area (Å²) in [5.41, 5.74) is 7.22. The lowest BCUT2D eigenvalue weighted by Gasteiger charge is -2.10. The molecular weight excluding hydrogens is 280 g/mol. The predicted molar refractivity (Wildman–Crippen MR) is 79.5 cm³/mol. The van der Waals surface area contributed by atoms with E-state index in [-0.39, 0.29) is 4.90 Å². The molecule has 2 aromatic carbocycles. The molecule has 0 bridgehead atoms. The molecule has 0 aliphatic carbocycles. The number of hydrogen-bond acceptors (Lipinski definition) is 4. The van der Waals surface area contributed by atoms with Gasteiger partial charge in [0.25, 0.3) is 0 Å². The number of benzene rings is 2. The molecule has 4 nitrogen and oxygen atoms in total. The molecule has 0 aromatic heterocycles. The molecule has 0 amide bonds. The van der Waals surface area contributed by atoms with Crippen LogP contribution in [0, 0.1) is 0 Å². The molecule has 19 heavy (non-hydrogen) atoms. The summed E-state index contributed by atoms with van der Waals surface area (Å²) in [6.07, 6.45) is 0. The van der Waals surface area contributed by atoms with Gasteiger partial charge in [0.05, 0.1) is 9.76 Å². The fraction of sp³-hybridized carbons (Fsp3) is 0. The molecule has 0 aliphatic heterocycles. The van der Waals surface area contributed by atoms with Gasteiger partial charge >= 0.3 is 0 Å². The monoisotopic (exact) mass is 292 g/mol. The summed E-state index contributed by atoms with van der Waals surface area (Å²) in [6.45, 7) is 0. The Morgan fingerprint density at radius 1 is 1.05 bits per heavy atom. The quantitative estimate of drug-likeness (QED) is 0.512. The first-order chi connectivity index (χ1) is 8.89. The Labute approximate surface area is 117 Å². The molecule has 0 saturated heterocycles. The summed E-state index contributed by atoms with van der Waals surface area (Å²) in [5.74, 6) is 0. The van der Waals surface area contributed by atoms with E-state index in [0.29, 0.717) is 16.1 Å². The Balaban J connectivity index is 2.62. The van der Waals surface area contributed by atoms with Crippen LogP contribution in [-0.4, -0.2) is 13.3 Å². The first-order valence-electron chi connectivity index (χ1n) is 5.41. The Kier molecular flexibility index (Phi) is 3.66. The smallest absolute Gasteiger partial charge is 0.238 e.